The highest BCUT2D eigenvalue weighted by Crippen LogP contribution is 2.51. The number of hydrogen-bond acceptors (Lipinski definition) is 1. The third kappa shape index (κ3) is 1.17. The van der Waals surface area contributed by atoms with Crippen LogP contribution in [0.2, 0.25) is 0 Å². The molecule has 0 saturated carbocycles. The number of carbonyl (C=O) groups is 1. The van der Waals surface area contributed by atoms with Crippen LogP contribution in [0.15, 0.2) is 48.6 Å². The smallest absolute Gasteiger partial charge is 0.162 e. The van der Waals surface area contributed by atoms with Gasteiger partial charge in [-0.15, -0.1) is 0 Å². The monoisotopic (exact) mass is 222 g/mol. The van der Waals surface area contributed by atoms with E-state index in [9.17, 15) is 4.79 Å². The fraction of sp³-hybridized carbons (Fsp3) is 0.312. The van der Waals surface area contributed by atoms with E-state index < -0.39 is 0 Å². The van der Waals surface area contributed by atoms with Crippen LogP contribution in [0.3, 0.4) is 0 Å². The molecular formula is C16H14O. The Balaban J connectivity index is 1.90. The largest absolute Gasteiger partial charge is 0.294 e. The number of hydrogen-bond donors (Lipinski definition) is 0. The fourth-order valence-electron chi connectivity index (χ4n) is 3.82. The summed E-state index contributed by atoms with van der Waals surface area (Å²) in [5.74, 6) is 1.85. The molecule has 4 aliphatic carbocycles. The Bertz CT molecular complexity index is 552. The molecule has 1 nitrogen and oxygen atoms in total. The van der Waals surface area contributed by atoms with E-state index in [2.05, 4.69) is 42.5 Å². The Kier molecular flexibility index (Phi) is 1.77. The molecule has 0 spiro atoms. The molecule has 0 amide bonds. The van der Waals surface area contributed by atoms with Crippen LogP contribution in [0, 0.1) is 17.8 Å². The van der Waals surface area contributed by atoms with E-state index in [1.54, 1.807) is 6.08 Å². The zero-order chi connectivity index (χ0) is 11.4. The van der Waals surface area contributed by atoms with Crippen LogP contribution < -0.4 is 0 Å². The molecule has 4 atom stereocenters. The summed E-state index contributed by atoms with van der Waals surface area (Å²) in [5, 5.41) is 0. The maximum Gasteiger partial charge on any atom is 0.162 e. The van der Waals surface area contributed by atoms with Gasteiger partial charge in [-0.05, 0) is 35.5 Å². The van der Waals surface area contributed by atoms with E-state index in [-0.39, 0.29) is 5.92 Å². The fourth-order valence-corrected chi connectivity index (χ4v) is 3.82. The predicted octanol–water partition coefficient (Wildman–Crippen LogP) is 2.88. The number of carbonyl (C=O) groups excluding carboxylic acids is 1. The van der Waals surface area contributed by atoms with Crippen molar-refractivity contribution in [1.29, 1.82) is 0 Å². The SMILES string of the molecule is O=C1C=C[C@@H]2C=C[C@H]1[C@@H]1Cc3ccccc3[C@H]21. The number of fused-ring (bicyclic) bond motifs is 2. The average molecular weight is 222 g/mol. The topological polar surface area (TPSA) is 17.1 Å². The Morgan fingerprint density at radius 1 is 1.06 bits per heavy atom. The van der Waals surface area contributed by atoms with Crippen molar-refractivity contribution in [2.45, 2.75) is 12.3 Å². The van der Waals surface area contributed by atoms with Crippen molar-refractivity contribution in [3.8, 4) is 0 Å². The van der Waals surface area contributed by atoms with Crippen molar-refractivity contribution in [3.63, 3.8) is 0 Å². The Labute approximate surface area is 101 Å². The van der Waals surface area contributed by atoms with E-state index in [4.69, 9.17) is 0 Å². The molecule has 1 aromatic rings. The lowest BCUT2D eigenvalue weighted by atomic mass is 9.72. The third-order valence-corrected chi connectivity index (χ3v) is 4.56. The summed E-state index contributed by atoms with van der Waals surface area (Å²) in [5.41, 5.74) is 2.92. The molecule has 1 aromatic carbocycles. The van der Waals surface area contributed by atoms with Gasteiger partial charge in [0, 0.05) is 11.8 Å². The molecule has 4 aliphatic rings. The van der Waals surface area contributed by atoms with Crippen molar-refractivity contribution in [1.82, 2.24) is 0 Å². The molecule has 1 heteroatoms. The van der Waals surface area contributed by atoms with Gasteiger partial charge < -0.3 is 0 Å². The standard InChI is InChI=1S/C16H14O/c17-15-8-6-10-5-7-13(15)14-9-11-3-1-2-4-12(11)16(10)14/h1-8,10,13-14,16H,9H2/t10-,13-,14-,16-/m0/s1. The van der Waals surface area contributed by atoms with Gasteiger partial charge in [0.25, 0.3) is 0 Å². The van der Waals surface area contributed by atoms with E-state index in [0.717, 1.165) is 6.42 Å². The van der Waals surface area contributed by atoms with Crippen molar-refractivity contribution in [3.05, 3.63) is 59.7 Å². The number of ketones is 1. The van der Waals surface area contributed by atoms with Gasteiger partial charge in [0.2, 0.25) is 0 Å². The summed E-state index contributed by atoms with van der Waals surface area (Å²) in [6, 6.07) is 8.69. The molecule has 0 saturated heterocycles. The van der Waals surface area contributed by atoms with E-state index >= 15 is 0 Å². The first-order chi connectivity index (χ1) is 8.34. The second-order valence-electron chi connectivity index (χ2n) is 5.34. The van der Waals surface area contributed by atoms with Gasteiger partial charge in [-0.2, -0.15) is 0 Å². The van der Waals surface area contributed by atoms with Gasteiger partial charge >= 0.3 is 0 Å². The number of benzene rings is 1. The molecule has 0 aliphatic heterocycles. The molecule has 0 radical (unpaired) electrons. The Hall–Kier alpha value is -1.63. The quantitative estimate of drug-likeness (QED) is 0.617. The van der Waals surface area contributed by atoms with Gasteiger partial charge in [0.05, 0.1) is 0 Å². The van der Waals surface area contributed by atoms with Gasteiger partial charge in [0.1, 0.15) is 0 Å². The molecular weight excluding hydrogens is 208 g/mol. The van der Waals surface area contributed by atoms with Crippen LogP contribution in [-0.4, -0.2) is 5.78 Å². The zero-order valence-corrected chi connectivity index (χ0v) is 9.54. The van der Waals surface area contributed by atoms with Gasteiger partial charge in [-0.1, -0.05) is 42.5 Å². The van der Waals surface area contributed by atoms with Crippen LogP contribution >= 0.6 is 0 Å². The van der Waals surface area contributed by atoms with Crippen molar-refractivity contribution in [2.24, 2.45) is 17.8 Å². The van der Waals surface area contributed by atoms with Crippen LogP contribution in [-0.2, 0) is 11.2 Å². The van der Waals surface area contributed by atoms with Gasteiger partial charge in [0.15, 0.2) is 5.78 Å². The summed E-state index contributed by atoms with van der Waals surface area (Å²) < 4.78 is 0. The van der Waals surface area contributed by atoms with E-state index in [1.165, 1.54) is 11.1 Å². The highest BCUT2D eigenvalue weighted by molar-refractivity contribution is 5.94. The third-order valence-electron chi connectivity index (χ3n) is 4.56. The lowest BCUT2D eigenvalue weighted by Crippen LogP contribution is -2.28. The minimum atomic E-state index is 0.113. The van der Waals surface area contributed by atoms with Crippen molar-refractivity contribution < 1.29 is 4.79 Å². The number of rotatable bonds is 0. The van der Waals surface area contributed by atoms with Crippen LogP contribution in [0.1, 0.15) is 17.0 Å². The maximum absolute atomic E-state index is 12.0. The first kappa shape index (κ1) is 9.41. The molecule has 0 fully saturated rings. The lowest BCUT2D eigenvalue weighted by molar-refractivity contribution is -0.118. The molecule has 17 heavy (non-hydrogen) atoms. The molecule has 0 unspecified atom stereocenters. The van der Waals surface area contributed by atoms with Crippen molar-refractivity contribution in [2.75, 3.05) is 0 Å². The molecule has 0 N–H and O–H groups in total. The van der Waals surface area contributed by atoms with Crippen molar-refractivity contribution >= 4 is 5.78 Å². The molecule has 2 bridgehead atoms. The summed E-state index contributed by atoms with van der Waals surface area (Å²) in [4.78, 5) is 12.0. The molecule has 0 heterocycles. The Morgan fingerprint density at radius 2 is 1.94 bits per heavy atom. The molecule has 84 valence electrons. The summed E-state index contributed by atoms with van der Waals surface area (Å²) >= 11 is 0. The first-order valence-electron chi connectivity index (χ1n) is 6.33. The summed E-state index contributed by atoms with van der Waals surface area (Å²) in [6.07, 6.45) is 9.34. The molecule has 5 rings (SSSR count). The Morgan fingerprint density at radius 3 is 2.88 bits per heavy atom. The summed E-state index contributed by atoms with van der Waals surface area (Å²) in [6.45, 7) is 0. The van der Waals surface area contributed by atoms with E-state index in [1.807, 2.05) is 0 Å². The van der Waals surface area contributed by atoms with Crippen LogP contribution in [0.4, 0.5) is 0 Å². The second-order valence-corrected chi connectivity index (χ2v) is 5.34. The number of allylic oxidation sites excluding steroid dienone is 4. The van der Waals surface area contributed by atoms with E-state index in [0.29, 0.717) is 23.5 Å². The first-order valence-corrected chi connectivity index (χ1v) is 6.33. The van der Waals surface area contributed by atoms with Gasteiger partial charge in [-0.3, -0.25) is 4.79 Å². The lowest BCUT2D eigenvalue weighted by Gasteiger charge is -2.31. The molecule has 0 aromatic heterocycles. The minimum Gasteiger partial charge on any atom is -0.294 e. The highest BCUT2D eigenvalue weighted by atomic mass is 16.1. The normalized spacial score (nSPS) is 36.8. The minimum absolute atomic E-state index is 0.113. The second kappa shape index (κ2) is 3.19. The maximum atomic E-state index is 12.0. The predicted molar refractivity (Wildman–Crippen MR) is 66.6 cm³/mol. The highest BCUT2D eigenvalue weighted by Gasteiger charge is 2.45. The average Bonchev–Trinajstić information content (AvgIpc) is 2.59. The van der Waals surface area contributed by atoms with Crippen LogP contribution in [0.5, 0.6) is 0 Å². The zero-order valence-electron chi connectivity index (χ0n) is 9.54. The summed E-state index contributed by atoms with van der Waals surface area (Å²) in [7, 11) is 0. The van der Waals surface area contributed by atoms with Gasteiger partial charge in [-0.25, -0.2) is 0 Å². The van der Waals surface area contributed by atoms with Crippen LogP contribution in [0.25, 0.3) is 0 Å².